The Hall–Kier alpha value is -2.23. The summed E-state index contributed by atoms with van der Waals surface area (Å²) < 4.78 is 4.36. The van der Waals surface area contributed by atoms with Gasteiger partial charge in [-0.25, -0.2) is 4.79 Å². The highest BCUT2D eigenvalue weighted by Crippen LogP contribution is 2.00. The molecule has 0 aromatic heterocycles. The summed E-state index contributed by atoms with van der Waals surface area (Å²) in [6, 6.07) is 9.08. The van der Waals surface area contributed by atoms with Gasteiger partial charge in [0, 0.05) is 0 Å². The van der Waals surface area contributed by atoms with Gasteiger partial charge >= 0.3 is 5.97 Å². The molecule has 1 aromatic rings. The van der Waals surface area contributed by atoms with Crippen LogP contribution in [0.2, 0.25) is 0 Å². The number of methoxy groups -OCH3 is 1. The van der Waals surface area contributed by atoms with Gasteiger partial charge < -0.3 is 10.1 Å². The minimum absolute atomic E-state index is 0.245. The molecule has 0 aliphatic carbocycles. The molecule has 0 heterocycles. The molecule has 0 spiro atoms. The molecule has 0 saturated heterocycles. The van der Waals surface area contributed by atoms with Crippen LogP contribution in [0.1, 0.15) is 5.56 Å². The van der Waals surface area contributed by atoms with E-state index in [4.69, 9.17) is 10.8 Å². The SMILES string of the molecule is COC(=O)C(=N)/C=C\C(=N)c1ccccc1. The zero-order valence-corrected chi connectivity index (χ0v) is 8.86. The van der Waals surface area contributed by atoms with E-state index in [1.807, 2.05) is 18.2 Å². The Morgan fingerprint density at radius 3 is 2.38 bits per heavy atom. The second-order valence-corrected chi connectivity index (χ2v) is 3.02. The smallest absolute Gasteiger partial charge is 0.355 e. The standard InChI is InChI=1S/C12H12N2O2/c1-16-12(15)11(14)8-7-10(13)9-5-3-2-4-6-9/h2-8,13-14H,1H3/b8-7-,13-10?,14-11?. The van der Waals surface area contributed by atoms with Crippen molar-refractivity contribution in [1.82, 2.24) is 0 Å². The van der Waals surface area contributed by atoms with E-state index in [1.54, 1.807) is 12.1 Å². The molecule has 0 unspecified atom stereocenters. The fourth-order valence-electron chi connectivity index (χ4n) is 1.06. The van der Waals surface area contributed by atoms with Crippen molar-refractivity contribution in [3.05, 3.63) is 48.0 Å². The number of rotatable bonds is 4. The predicted octanol–water partition coefficient (Wildman–Crippen LogP) is 1.80. The number of carbonyl (C=O) groups is 1. The third-order valence-corrected chi connectivity index (χ3v) is 1.91. The van der Waals surface area contributed by atoms with Gasteiger partial charge in [-0.15, -0.1) is 0 Å². The molecule has 1 rings (SSSR count). The first-order valence-electron chi connectivity index (χ1n) is 4.64. The monoisotopic (exact) mass is 216 g/mol. The summed E-state index contributed by atoms with van der Waals surface area (Å²) in [5.74, 6) is -0.711. The zero-order chi connectivity index (χ0) is 12.0. The Labute approximate surface area is 93.6 Å². The Bertz CT molecular complexity index is 436. The first-order chi connectivity index (χ1) is 7.65. The molecular formula is C12H12N2O2. The van der Waals surface area contributed by atoms with E-state index < -0.39 is 5.97 Å². The molecule has 1 aromatic carbocycles. The molecule has 0 aliphatic rings. The van der Waals surface area contributed by atoms with Gasteiger partial charge in [-0.2, -0.15) is 0 Å². The zero-order valence-electron chi connectivity index (χ0n) is 8.86. The highest BCUT2D eigenvalue weighted by atomic mass is 16.5. The van der Waals surface area contributed by atoms with Gasteiger partial charge in [-0.05, 0) is 17.7 Å². The number of hydrogen-bond donors (Lipinski definition) is 2. The van der Waals surface area contributed by atoms with Crippen LogP contribution >= 0.6 is 0 Å². The predicted molar refractivity (Wildman–Crippen MR) is 62.2 cm³/mol. The first-order valence-corrected chi connectivity index (χ1v) is 4.64. The van der Waals surface area contributed by atoms with E-state index in [0.717, 1.165) is 5.56 Å². The largest absolute Gasteiger partial charge is 0.464 e. The van der Waals surface area contributed by atoms with Crippen LogP contribution in [-0.2, 0) is 9.53 Å². The molecule has 0 fully saturated rings. The van der Waals surface area contributed by atoms with Gasteiger partial charge in [0.15, 0.2) is 0 Å². The van der Waals surface area contributed by atoms with Gasteiger partial charge in [0.25, 0.3) is 0 Å². The lowest BCUT2D eigenvalue weighted by Gasteiger charge is -1.98. The highest BCUT2D eigenvalue weighted by Gasteiger charge is 2.04. The summed E-state index contributed by atoms with van der Waals surface area (Å²) in [5, 5.41) is 15.0. The van der Waals surface area contributed by atoms with E-state index in [-0.39, 0.29) is 11.4 Å². The second kappa shape index (κ2) is 5.60. The third kappa shape index (κ3) is 3.16. The Balaban J connectivity index is 2.69. The van der Waals surface area contributed by atoms with Crippen molar-refractivity contribution in [3.8, 4) is 0 Å². The summed E-state index contributed by atoms with van der Waals surface area (Å²) in [4.78, 5) is 10.9. The maximum atomic E-state index is 10.9. The van der Waals surface area contributed by atoms with Gasteiger partial charge in [0.1, 0.15) is 5.71 Å². The topological polar surface area (TPSA) is 74.0 Å². The van der Waals surface area contributed by atoms with Crippen molar-refractivity contribution in [1.29, 1.82) is 10.8 Å². The lowest BCUT2D eigenvalue weighted by Crippen LogP contribution is -2.12. The molecule has 82 valence electrons. The van der Waals surface area contributed by atoms with Crippen molar-refractivity contribution in [2.24, 2.45) is 0 Å². The summed E-state index contributed by atoms with van der Waals surface area (Å²) in [6.07, 6.45) is 2.65. The van der Waals surface area contributed by atoms with Crippen LogP contribution in [0.3, 0.4) is 0 Å². The second-order valence-electron chi connectivity index (χ2n) is 3.02. The normalized spacial score (nSPS) is 10.1. The number of nitrogens with one attached hydrogen (secondary N) is 2. The van der Waals surface area contributed by atoms with Crippen LogP contribution < -0.4 is 0 Å². The average Bonchev–Trinajstić information content (AvgIpc) is 2.35. The van der Waals surface area contributed by atoms with E-state index in [2.05, 4.69) is 4.74 Å². The Morgan fingerprint density at radius 1 is 1.19 bits per heavy atom. The van der Waals surface area contributed by atoms with Crippen molar-refractivity contribution in [2.75, 3.05) is 7.11 Å². The van der Waals surface area contributed by atoms with E-state index in [0.29, 0.717) is 0 Å². The van der Waals surface area contributed by atoms with Crippen molar-refractivity contribution in [3.63, 3.8) is 0 Å². The molecule has 2 N–H and O–H groups in total. The van der Waals surface area contributed by atoms with Crippen LogP contribution in [0.15, 0.2) is 42.5 Å². The minimum Gasteiger partial charge on any atom is -0.464 e. The number of allylic oxidation sites excluding steroid dienone is 1. The molecule has 4 heteroatoms. The molecule has 0 radical (unpaired) electrons. The molecule has 4 nitrogen and oxygen atoms in total. The fourth-order valence-corrected chi connectivity index (χ4v) is 1.06. The van der Waals surface area contributed by atoms with Crippen molar-refractivity contribution in [2.45, 2.75) is 0 Å². The number of benzene rings is 1. The Morgan fingerprint density at radius 2 is 1.81 bits per heavy atom. The molecule has 0 amide bonds. The maximum Gasteiger partial charge on any atom is 0.355 e. The van der Waals surface area contributed by atoms with E-state index in [9.17, 15) is 4.79 Å². The van der Waals surface area contributed by atoms with Crippen molar-refractivity contribution >= 4 is 17.4 Å². The van der Waals surface area contributed by atoms with Crippen molar-refractivity contribution < 1.29 is 9.53 Å². The van der Waals surface area contributed by atoms with Crippen LogP contribution in [0.25, 0.3) is 0 Å². The number of esters is 1. The van der Waals surface area contributed by atoms with E-state index >= 15 is 0 Å². The summed E-state index contributed by atoms with van der Waals surface area (Å²) in [7, 11) is 1.22. The summed E-state index contributed by atoms with van der Waals surface area (Å²) >= 11 is 0. The molecule has 16 heavy (non-hydrogen) atoms. The van der Waals surface area contributed by atoms with Gasteiger partial charge in [0.05, 0.1) is 12.8 Å². The lowest BCUT2D eigenvalue weighted by molar-refractivity contribution is -0.132. The molecule has 0 atom stereocenters. The molecule has 0 bridgehead atoms. The molecule has 0 aliphatic heterocycles. The molecule has 0 saturated carbocycles. The van der Waals surface area contributed by atoms with Gasteiger partial charge in [-0.3, -0.25) is 5.41 Å². The van der Waals surface area contributed by atoms with Gasteiger partial charge in [0.2, 0.25) is 0 Å². The third-order valence-electron chi connectivity index (χ3n) is 1.91. The fraction of sp³-hybridized carbons (Fsp3) is 0.0833. The molecular weight excluding hydrogens is 204 g/mol. The van der Waals surface area contributed by atoms with E-state index in [1.165, 1.54) is 19.3 Å². The quantitative estimate of drug-likeness (QED) is 0.595. The number of hydrogen-bond acceptors (Lipinski definition) is 4. The Kier molecular flexibility index (Phi) is 4.15. The maximum absolute atomic E-state index is 10.9. The van der Waals surface area contributed by atoms with Gasteiger partial charge in [-0.1, -0.05) is 30.3 Å². The summed E-state index contributed by atoms with van der Waals surface area (Å²) in [6.45, 7) is 0. The number of ether oxygens (including phenoxy) is 1. The lowest BCUT2D eigenvalue weighted by atomic mass is 10.1. The minimum atomic E-state index is -0.711. The highest BCUT2D eigenvalue weighted by molar-refractivity contribution is 6.40. The van der Waals surface area contributed by atoms with Crippen LogP contribution in [-0.4, -0.2) is 24.5 Å². The van der Waals surface area contributed by atoms with Crippen LogP contribution in [0.4, 0.5) is 0 Å². The van der Waals surface area contributed by atoms with Crippen LogP contribution in [0, 0.1) is 10.8 Å². The number of carbonyl (C=O) groups excluding carboxylic acids is 1. The van der Waals surface area contributed by atoms with Crippen LogP contribution in [0.5, 0.6) is 0 Å². The summed E-state index contributed by atoms with van der Waals surface area (Å²) in [5.41, 5.74) is 0.703. The average molecular weight is 216 g/mol. The first kappa shape index (κ1) is 11.8.